The SMILES string of the molecule is CCSC1=NC(C)(C)NN1c1ccc(OC)cc1. The Balaban J connectivity index is 2.23. The van der Waals surface area contributed by atoms with Crippen molar-refractivity contribution in [3.63, 3.8) is 0 Å². The Morgan fingerprint density at radius 3 is 2.56 bits per heavy atom. The molecule has 0 radical (unpaired) electrons. The highest BCUT2D eigenvalue weighted by molar-refractivity contribution is 8.14. The first kappa shape index (κ1) is 13.2. The molecule has 18 heavy (non-hydrogen) atoms. The van der Waals surface area contributed by atoms with Gasteiger partial charge in [-0.25, -0.2) is 10.4 Å². The molecule has 0 saturated carbocycles. The number of ether oxygens (including phenoxy) is 1. The normalized spacial score (nSPS) is 17.8. The number of thioether (sulfide) groups is 1. The quantitative estimate of drug-likeness (QED) is 0.912. The highest BCUT2D eigenvalue weighted by atomic mass is 32.2. The lowest BCUT2D eigenvalue weighted by atomic mass is 10.3. The standard InChI is InChI=1S/C13H19N3OS/c1-5-18-12-14-13(2,3)15-16(12)10-6-8-11(17-4)9-7-10/h6-9,15H,5H2,1-4H3. The minimum Gasteiger partial charge on any atom is -0.497 e. The van der Waals surface area contributed by atoms with Gasteiger partial charge in [0.25, 0.3) is 0 Å². The average molecular weight is 265 g/mol. The van der Waals surface area contributed by atoms with Crippen LogP contribution in [0, 0.1) is 0 Å². The molecular weight excluding hydrogens is 246 g/mol. The lowest BCUT2D eigenvalue weighted by molar-refractivity contribution is 0.414. The summed E-state index contributed by atoms with van der Waals surface area (Å²) < 4.78 is 5.17. The van der Waals surface area contributed by atoms with E-state index in [2.05, 4.69) is 31.2 Å². The fraction of sp³-hybridized carbons (Fsp3) is 0.462. The molecule has 0 saturated heterocycles. The Bertz CT molecular complexity index is 442. The van der Waals surface area contributed by atoms with Crippen molar-refractivity contribution >= 4 is 22.6 Å². The summed E-state index contributed by atoms with van der Waals surface area (Å²) >= 11 is 1.74. The average Bonchev–Trinajstić information content (AvgIpc) is 2.65. The topological polar surface area (TPSA) is 36.9 Å². The maximum absolute atomic E-state index is 5.17. The molecule has 0 unspecified atom stereocenters. The first-order valence-corrected chi connectivity index (χ1v) is 6.99. The number of benzene rings is 1. The van der Waals surface area contributed by atoms with E-state index in [0.717, 1.165) is 22.4 Å². The molecule has 0 spiro atoms. The molecule has 0 aromatic heterocycles. The van der Waals surface area contributed by atoms with Gasteiger partial charge >= 0.3 is 0 Å². The van der Waals surface area contributed by atoms with Gasteiger partial charge in [0.2, 0.25) is 0 Å². The molecule has 0 amide bonds. The smallest absolute Gasteiger partial charge is 0.180 e. The van der Waals surface area contributed by atoms with Crippen LogP contribution >= 0.6 is 11.8 Å². The second kappa shape index (κ2) is 5.20. The van der Waals surface area contributed by atoms with E-state index in [0.29, 0.717) is 0 Å². The van der Waals surface area contributed by atoms with Crippen molar-refractivity contribution in [3.05, 3.63) is 24.3 Å². The molecule has 1 aromatic carbocycles. The van der Waals surface area contributed by atoms with Crippen molar-refractivity contribution in [2.75, 3.05) is 17.9 Å². The largest absolute Gasteiger partial charge is 0.497 e. The van der Waals surface area contributed by atoms with E-state index < -0.39 is 0 Å². The molecule has 0 fully saturated rings. The molecule has 2 rings (SSSR count). The molecule has 4 nitrogen and oxygen atoms in total. The summed E-state index contributed by atoms with van der Waals surface area (Å²) in [5.41, 5.74) is 4.20. The molecule has 1 aromatic rings. The number of methoxy groups -OCH3 is 1. The molecule has 1 N–H and O–H groups in total. The molecule has 1 aliphatic rings. The van der Waals surface area contributed by atoms with Gasteiger partial charge in [0, 0.05) is 0 Å². The zero-order valence-electron chi connectivity index (χ0n) is 11.2. The summed E-state index contributed by atoms with van der Waals surface area (Å²) in [5, 5.41) is 3.04. The van der Waals surface area contributed by atoms with Crippen LogP contribution in [-0.2, 0) is 0 Å². The van der Waals surface area contributed by atoms with Gasteiger partial charge in [-0.15, -0.1) is 0 Å². The molecular formula is C13H19N3OS. The first-order valence-electron chi connectivity index (χ1n) is 6.00. The molecule has 5 heteroatoms. The molecule has 1 aliphatic heterocycles. The van der Waals surface area contributed by atoms with E-state index >= 15 is 0 Å². The Hall–Kier alpha value is -1.20. The van der Waals surface area contributed by atoms with Crippen molar-refractivity contribution in [2.45, 2.75) is 26.4 Å². The van der Waals surface area contributed by atoms with Crippen molar-refractivity contribution < 1.29 is 4.74 Å². The number of amidine groups is 1. The van der Waals surface area contributed by atoms with E-state index in [-0.39, 0.29) is 5.66 Å². The van der Waals surface area contributed by atoms with Gasteiger partial charge in [-0.05, 0) is 43.9 Å². The van der Waals surface area contributed by atoms with Crippen LogP contribution in [0.15, 0.2) is 29.3 Å². The van der Waals surface area contributed by atoms with Crippen molar-refractivity contribution in [1.82, 2.24) is 5.43 Å². The lowest BCUT2D eigenvalue weighted by Crippen LogP contribution is -2.44. The monoisotopic (exact) mass is 265 g/mol. The summed E-state index contributed by atoms with van der Waals surface area (Å²) in [6.07, 6.45) is 0. The van der Waals surface area contributed by atoms with Gasteiger partial charge in [0.1, 0.15) is 11.4 Å². The van der Waals surface area contributed by atoms with Crippen LogP contribution in [0.5, 0.6) is 5.75 Å². The maximum atomic E-state index is 5.17. The lowest BCUT2D eigenvalue weighted by Gasteiger charge is -2.23. The predicted octanol–water partition coefficient (Wildman–Crippen LogP) is 2.87. The Morgan fingerprint density at radius 1 is 1.33 bits per heavy atom. The molecule has 0 aliphatic carbocycles. The van der Waals surface area contributed by atoms with Crippen LogP contribution in [-0.4, -0.2) is 23.7 Å². The van der Waals surface area contributed by atoms with E-state index in [4.69, 9.17) is 4.74 Å². The molecule has 98 valence electrons. The number of hydrazine groups is 1. The number of nitrogens with one attached hydrogen (secondary N) is 1. The second-order valence-electron chi connectivity index (χ2n) is 4.53. The van der Waals surface area contributed by atoms with Crippen LogP contribution < -0.4 is 15.2 Å². The Morgan fingerprint density at radius 2 is 2.00 bits per heavy atom. The first-order chi connectivity index (χ1) is 8.55. The maximum Gasteiger partial charge on any atom is 0.180 e. The van der Waals surface area contributed by atoms with Gasteiger partial charge in [0.15, 0.2) is 5.17 Å². The molecule has 1 heterocycles. The third-order valence-corrected chi connectivity index (χ3v) is 3.38. The van der Waals surface area contributed by atoms with E-state index in [9.17, 15) is 0 Å². The van der Waals surface area contributed by atoms with E-state index in [1.54, 1.807) is 18.9 Å². The van der Waals surface area contributed by atoms with Crippen LogP contribution in [0.2, 0.25) is 0 Å². The highest BCUT2D eigenvalue weighted by Gasteiger charge is 2.31. The third-order valence-electron chi connectivity index (χ3n) is 2.56. The van der Waals surface area contributed by atoms with Crippen LogP contribution in [0.25, 0.3) is 0 Å². The summed E-state index contributed by atoms with van der Waals surface area (Å²) in [7, 11) is 1.67. The van der Waals surface area contributed by atoms with E-state index in [1.807, 2.05) is 29.3 Å². The summed E-state index contributed by atoms with van der Waals surface area (Å²) in [4.78, 5) is 4.67. The number of nitrogens with zero attached hydrogens (tertiary/aromatic N) is 2. The number of hydrogen-bond acceptors (Lipinski definition) is 5. The summed E-state index contributed by atoms with van der Waals surface area (Å²) in [6.45, 7) is 6.25. The van der Waals surface area contributed by atoms with Crippen molar-refractivity contribution in [2.24, 2.45) is 4.99 Å². The predicted molar refractivity (Wildman–Crippen MR) is 78.3 cm³/mol. The van der Waals surface area contributed by atoms with Crippen LogP contribution in [0.1, 0.15) is 20.8 Å². The van der Waals surface area contributed by atoms with Gasteiger partial charge in [-0.1, -0.05) is 18.7 Å². The Kier molecular flexibility index (Phi) is 3.82. The van der Waals surface area contributed by atoms with E-state index in [1.165, 1.54) is 0 Å². The van der Waals surface area contributed by atoms with Crippen LogP contribution in [0.4, 0.5) is 5.69 Å². The molecule has 0 atom stereocenters. The Labute approximate surface area is 112 Å². The van der Waals surface area contributed by atoms with Gasteiger partial charge in [-0.3, -0.25) is 5.01 Å². The zero-order valence-corrected chi connectivity index (χ0v) is 12.0. The minimum absolute atomic E-state index is 0.253. The van der Waals surface area contributed by atoms with Crippen molar-refractivity contribution in [3.8, 4) is 5.75 Å². The highest BCUT2D eigenvalue weighted by Crippen LogP contribution is 2.27. The number of aliphatic imine (C=N–C) groups is 1. The fourth-order valence-corrected chi connectivity index (χ4v) is 2.60. The summed E-state index contributed by atoms with van der Waals surface area (Å²) in [5.74, 6) is 1.86. The van der Waals surface area contributed by atoms with Crippen LogP contribution in [0.3, 0.4) is 0 Å². The number of anilines is 1. The van der Waals surface area contributed by atoms with Gasteiger partial charge < -0.3 is 4.74 Å². The summed E-state index contributed by atoms with van der Waals surface area (Å²) in [6, 6.07) is 7.96. The molecule has 0 bridgehead atoms. The second-order valence-corrected chi connectivity index (χ2v) is 5.76. The number of rotatable bonds is 3. The third kappa shape index (κ3) is 2.79. The number of hydrogen-bond donors (Lipinski definition) is 1. The van der Waals surface area contributed by atoms with Crippen molar-refractivity contribution in [1.29, 1.82) is 0 Å². The zero-order chi connectivity index (χ0) is 13.2. The minimum atomic E-state index is -0.253. The van der Waals surface area contributed by atoms with Gasteiger partial charge in [0.05, 0.1) is 12.8 Å². The van der Waals surface area contributed by atoms with Gasteiger partial charge in [-0.2, -0.15) is 0 Å². The fourth-order valence-electron chi connectivity index (χ4n) is 1.77.